The molecule has 0 radical (unpaired) electrons. The molecule has 0 saturated heterocycles. The van der Waals surface area contributed by atoms with Crippen LogP contribution in [0.5, 0.6) is 0 Å². The third-order valence-electron chi connectivity index (χ3n) is 2.72. The summed E-state index contributed by atoms with van der Waals surface area (Å²) < 4.78 is 6.35. The predicted octanol–water partition coefficient (Wildman–Crippen LogP) is 2.06. The highest BCUT2D eigenvalue weighted by molar-refractivity contribution is 6.03. The molecule has 2 rings (SSSR count). The van der Waals surface area contributed by atoms with Crippen LogP contribution in [-0.4, -0.2) is 23.6 Å². The van der Waals surface area contributed by atoms with Gasteiger partial charge in [-0.15, -0.1) is 0 Å². The number of aryl methyl sites for hydroxylation is 1. The van der Waals surface area contributed by atoms with Gasteiger partial charge in [-0.2, -0.15) is 0 Å². The average molecular weight is 258 g/mol. The molecule has 0 spiro atoms. The van der Waals surface area contributed by atoms with Gasteiger partial charge in [0.1, 0.15) is 5.69 Å². The SMILES string of the molecule is COC(=O)c1cccc(NC(=O)c2cccn2C)c1. The number of nitrogens with one attached hydrogen (secondary N) is 1. The molecule has 0 aliphatic rings. The van der Waals surface area contributed by atoms with Gasteiger partial charge in [-0.25, -0.2) is 4.79 Å². The van der Waals surface area contributed by atoms with Crippen molar-refractivity contribution in [1.82, 2.24) is 4.57 Å². The molecule has 1 amide bonds. The van der Waals surface area contributed by atoms with E-state index in [1.54, 1.807) is 54.2 Å². The number of methoxy groups -OCH3 is 1. The summed E-state index contributed by atoms with van der Waals surface area (Å²) in [6, 6.07) is 10.1. The molecule has 1 aromatic carbocycles. The van der Waals surface area contributed by atoms with Gasteiger partial charge in [0.15, 0.2) is 0 Å². The largest absolute Gasteiger partial charge is 0.465 e. The fourth-order valence-corrected chi connectivity index (χ4v) is 1.73. The zero-order chi connectivity index (χ0) is 13.8. The zero-order valence-electron chi connectivity index (χ0n) is 10.7. The highest BCUT2D eigenvalue weighted by atomic mass is 16.5. The first-order valence-electron chi connectivity index (χ1n) is 5.73. The Morgan fingerprint density at radius 1 is 1.21 bits per heavy atom. The van der Waals surface area contributed by atoms with Crippen LogP contribution in [0.4, 0.5) is 5.69 Å². The van der Waals surface area contributed by atoms with Gasteiger partial charge in [0.05, 0.1) is 12.7 Å². The molecule has 2 aromatic rings. The van der Waals surface area contributed by atoms with E-state index in [1.165, 1.54) is 7.11 Å². The maximum atomic E-state index is 12.0. The molecule has 0 aliphatic carbocycles. The van der Waals surface area contributed by atoms with E-state index in [0.29, 0.717) is 16.9 Å². The Morgan fingerprint density at radius 3 is 2.63 bits per heavy atom. The monoisotopic (exact) mass is 258 g/mol. The van der Waals surface area contributed by atoms with Crippen LogP contribution in [0.15, 0.2) is 42.6 Å². The lowest BCUT2D eigenvalue weighted by Gasteiger charge is -2.07. The minimum Gasteiger partial charge on any atom is -0.465 e. The lowest BCUT2D eigenvalue weighted by atomic mass is 10.2. The number of amides is 1. The third-order valence-corrected chi connectivity index (χ3v) is 2.72. The molecule has 0 aliphatic heterocycles. The number of aromatic nitrogens is 1. The van der Waals surface area contributed by atoms with E-state index in [9.17, 15) is 9.59 Å². The predicted molar refractivity (Wildman–Crippen MR) is 71.1 cm³/mol. The minimum atomic E-state index is -0.435. The summed E-state index contributed by atoms with van der Waals surface area (Å²) in [5, 5.41) is 2.74. The van der Waals surface area contributed by atoms with Crippen LogP contribution in [0.3, 0.4) is 0 Å². The first-order chi connectivity index (χ1) is 9.11. The number of anilines is 1. The van der Waals surface area contributed by atoms with Crippen LogP contribution in [0.2, 0.25) is 0 Å². The molecule has 5 nitrogen and oxygen atoms in total. The van der Waals surface area contributed by atoms with Crippen molar-refractivity contribution in [2.75, 3.05) is 12.4 Å². The van der Waals surface area contributed by atoms with Gasteiger partial charge in [-0.05, 0) is 30.3 Å². The highest BCUT2D eigenvalue weighted by Crippen LogP contribution is 2.13. The molecule has 1 N–H and O–H groups in total. The summed E-state index contributed by atoms with van der Waals surface area (Å²) in [6.45, 7) is 0. The number of hydrogen-bond acceptors (Lipinski definition) is 3. The van der Waals surface area contributed by atoms with Gasteiger partial charge in [0.2, 0.25) is 0 Å². The average Bonchev–Trinajstić information content (AvgIpc) is 2.84. The first-order valence-corrected chi connectivity index (χ1v) is 5.73. The molecule has 5 heteroatoms. The standard InChI is InChI=1S/C14H14N2O3/c1-16-8-4-7-12(16)13(17)15-11-6-3-5-10(9-11)14(18)19-2/h3-9H,1-2H3,(H,15,17). The summed E-state index contributed by atoms with van der Waals surface area (Å²) in [5.41, 5.74) is 1.49. The van der Waals surface area contributed by atoms with Crippen molar-refractivity contribution < 1.29 is 14.3 Å². The minimum absolute atomic E-state index is 0.227. The molecular formula is C14H14N2O3. The number of ether oxygens (including phenoxy) is 1. The summed E-state index contributed by atoms with van der Waals surface area (Å²) in [5.74, 6) is -0.663. The molecule has 0 unspecified atom stereocenters. The van der Waals surface area contributed by atoms with Crippen molar-refractivity contribution >= 4 is 17.6 Å². The van der Waals surface area contributed by atoms with Crippen molar-refractivity contribution in [3.63, 3.8) is 0 Å². The Balaban J connectivity index is 2.18. The Hall–Kier alpha value is -2.56. The molecular weight excluding hydrogens is 244 g/mol. The van der Waals surface area contributed by atoms with E-state index in [2.05, 4.69) is 10.1 Å². The second-order valence-electron chi connectivity index (χ2n) is 4.03. The molecule has 19 heavy (non-hydrogen) atoms. The number of esters is 1. The Morgan fingerprint density at radius 2 is 2.00 bits per heavy atom. The van der Waals surface area contributed by atoms with Gasteiger partial charge in [-0.1, -0.05) is 6.07 Å². The Bertz CT molecular complexity index is 617. The van der Waals surface area contributed by atoms with Crippen LogP contribution in [0, 0.1) is 0 Å². The van der Waals surface area contributed by atoms with E-state index >= 15 is 0 Å². The lowest BCUT2D eigenvalue weighted by Crippen LogP contribution is -2.15. The molecule has 1 heterocycles. The van der Waals surface area contributed by atoms with Gasteiger partial charge >= 0.3 is 5.97 Å². The molecule has 0 fully saturated rings. The fraction of sp³-hybridized carbons (Fsp3) is 0.143. The number of carbonyl (C=O) groups excluding carboxylic acids is 2. The second kappa shape index (κ2) is 5.39. The van der Waals surface area contributed by atoms with E-state index < -0.39 is 5.97 Å². The lowest BCUT2D eigenvalue weighted by molar-refractivity contribution is 0.0600. The van der Waals surface area contributed by atoms with Crippen molar-refractivity contribution in [2.45, 2.75) is 0 Å². The highest BCUT2D eigenvalue weighted by Gasteiger charge is 2.10. The van der Waals surface area contributed by atoms with Crippen LogP contribution in [0.25, 0.3) is 0 Å². The van der Waals surface area contributed by atoms with Crippen LogP contribution in [0.1, 0.15) is 20.8 Å². The molecule has 1 aromatic heterocycles. The second-order valence-corrected chi connectivity index (χ2v) is 4.03. The first kappa shape index (κ1) is 12.9. The quantitative estimate of drug-likeness (QED) is 0.857. The summed E-state index contributed by atoms with van der Waals surface area (Å²) >= 11 is 0. The van der Waals surface area contributed by atoms with Crippen molar-refractivity contribution in [3.8, 4) is 0 Å². The molecule has 98 valence electrons. The van der Waals surface area contributed by atoms with E-state index in [1.807, 2.05) is 0 Å². The maximum Gasteiger partial charge on any atom is 0.337 e. The topological polar surface area (TPSA) is 60.3 Å². The van der Waals surface area contributed by atoms with Crippen LogP contribution >= 0.6 is 0 Å². The molecule has 0 saturated carbocycles. The number of nitrogens with zero attached hydrogens (tertiary/aromatic N) is 1. The Labute approximate surface area is 110 Å². The van der Waals surface area contributed by atoms with Crippen molar-refractivity contribution in [2.24, 2.45) is 7.05 Å². The van der Waals surface area contributed by atoms with E-state index in [0.717, 1.165) is 0 Å². The molecule has 0 bridgehead atoms. The van der Waals surface area contributed by atoms with Gasteiger partial charge in [0.25, 0.3) is 5.91 Å². The zero-order valence-corrected chi connectivity index (χ0v) is 10.7. The number of hydrogen-bond donors (Lipinski definition) is 1. The van der Waals surface area contributed by atoms with E-state index in [4.69, 9.17) is 0 Å². The van der Waals surface area contributed by atoms with Gasteiger partial charge in [-0.3, -0.25) is 4.79 Å². The fourth-order valence-electron chi connectivity index (χ4n) is 1.73. The van der Waals surface area contributed by atoms with Gasteiger partial charge in [0, 0.05) is 18.9 Å². The smallest absolute Gasteiger partial charge is 0.337 e. The number of benzene rings is 1. The van der Waals surface area contributed by atoms with Crippen molar-refractivity contribution in [3.05, 3.63) is 53.9 Å². The summed E-state index contributed by atoms with van der Waals surface area (Å²) in [4.78, 5) is 23.4. The van der Waals surface area contributed by atoms with Crippen LogP contribution in [-0.2, 0) is 11.8 Å². The van der Waals surface area contributed by atoms with Crippen LogP contribution < -0.4 is 5.32 Å². The maximum absolute atomic E-state index is 12.0. The summed E-state index contributed by atoms with van der Waals surface area (Å²) in [6.07, 6.45) is 1.79. The van der Waals surface area contributed by atoms with E-state index in [-0.39, 0.29) is 5.91 Å². The normalized spacial score (nSPS) is 10.0. The number of carbonyl (C=O) groups is 2. The summed E-state index contributed by atoms with van der Waals surface area (Å²) in [7, 11) is 3.11. The Kier molecular flexibility index (Phi) is 3.66. The third kappa shape index (κ3) is 2.82. The molecule has 0 atom stereocenters. The van der Waals surface area contributed by atoms with Gasteiger partial charge < -0.3 is 14.6 Å². The number of rotatable bonds is 3. The van der Waals surface area contributed by atoms with Crippen molar-refractivity contribution in [1.29, 1.82) is 0 Å².